The maximum Gasteiger partial charge on any atom is 0.303 e. The van der Waals surface area contributed by atoms with Crippen LogP contribution in [0.2, 0.25) is 5.02 Å². The largest absolute Gasteiger partial charge is 0.506 e. The van der Waals surface area contributed by atoms with Crippen molar-refractivity contribution in [3.8, 4) is 17.2 Å². The summed E-state index contributed by atoms with van der Waals surface area (Å²) in [6.45, 7) is 0. The number of fused-ring (bicyclic) bond motifs is 1. The van der Waals surface area contributed by atoms with Crippen LogP contribution in [0.1, 0.15) is 23.2 Å². The number of aryl methyl sites for hydroxylation is 1. The van der Waals surface area contributed by atoms with Crippen LogP contribution in [-0.4, -0.2) is 26.5 Å². The number of ether oxygens (including phenoxy) is 1. The van der Waals surface area contributed by atoms with Gasteiger partial charge in [-0.15, -0.1) is 0 Å². The van der Waals surface area contributed by atoms with Crippen molar-refractivity contribution in [2.75, 3.05) is 0 Å². The Balaban J connectivity index is 2.03. The van der Waals surface area contributed by atoms with Crippen molar-refractivity contribution in [2.24, 2.45) is 7.05 Å². The predicted octanol–water partition coefficient (Wildman–Crippen LogP) is 3.88. The number of carboxylic acids is 1. The molecule has 0 unspecified atom stereocenters. The fourth-order valence-electron chi connectivity index (χ4n) is 2.84. The molecule has 150 valence electrons. The summed E-state index contributed by atoms with van der Waals surface area (Å²) in [6.07, 6.45) is -0.864. The molecule has 9 heteroatoms. The molecule has 2 N–H and O–H groups in total. The molecule has 29 heavy (non-hydrogen) atoms. The van der Waals surface area contributed by atoms with E-state index in [2.05, 4.69) is 0 Å². The molecule has 1 heterocycles. The lowest BCUT2D eigenvalue weighted by Crippen LogP contribution is -2.25. The Morgan fingerprint density at radius 3 is 2.45 bits per heavy atom. The number of pyridine rings is 1. The van der Waals surface area contributed by atoms with E-state index in [1.807, 2.05) is 0 Å². The first-order valence-electron chi connectivity index (χ1n) is 8.42. The molecule has 0 radical (unpaired) electrons. The van der Waals surface area contributed by atoms with Gasteiger partial charge in [-0.3, -0.25) is 14.4 Å². The van der Waals surface area contributed by atoms with Gasteiger partial charge in [0, 0.05) is 31.0 Å². The van der Waals surface area contributed by atoms with Crippen molar-refractivity contribution in [1.82, 2.24) is 4.57 Å². The van der Waals surface area contributed by atoms with Gasteiger partial charge in [0.05, 0.1) is 17.0 Å². The first-order valence-corrected chi connectivity index (χ1v) is 8.80. The Labute approximate surface area is 168 Å². The molecule has 0 aliphatic rings. The first-order chi connectivity index (χ1) is 13.7. The highest BCUT2D eigenvalue weighted by molar-refractivity contribution is 6.30. The minimum Gasteiger partial charge on any atom is -0.506 e. The van der Waals surface area contributed by atoms with Crippen molar-refractivity contribution in [3.05, 3.63) is 63.2 Å². The summed E-state index contributed by atoms with van der Waals surface area (Å²) in [6, 6.07) is 8.28. The van der Waals surface area contributed by atoms with Gasteiger partial charge >= 0.3 is 5.97 Å². The second-order valence-corrected chi connectivity index (χ2v) is 6.67. The zero-order chi connectivity index (χ0) is 21.3. The summed E-state index contributed by atoms with van der Waals surface area (Å²) in [5.41, 5.74) is -0.955. The number of aromatic nitrogens is 1. The van der Waals surface area contributed by atoms with Crippen molar-refractivity contribution < 1.29 is 28.9 Å². The minimum absolute atomic E-state index is 0.0525. The van der Waals surface area contributed by atoms with Gasteiger partial charge in [-0.25, -0.2) is 4.39 Å². The Kier molecular flexibility index (Phi) is 5.56. The lowest BCUT2D eigenvalue weighted by atomic mass is 10.0. The molecule has 0 aliphatic heterocycles. The normalized spacial score (nSPS) is 10.9. The Bertz CT molecular complexity index is 1200. The molecule has 0 saturated carbocycles. The number of hydrogen-bond donors (Lipinski definition) is 2. The molecular formula is C20H15ClFNO6. The molecule has 0 atom stereocenters. The highest BCUT2D eigenvalue weighted by Gasteiger charge is 2.22. The molecule has 2 aromatic carbocycles. The number of nitrogens with zero attached hydrogens (tertiary/aromatic N) is 1. The van der Waals surface area contributed by atoms with E-state index in [9.17, 15) is 23.9 Å². The molecule has 3 aromatic rings. The third kappa shape index (κ3) is 4.07. The van der Waals surface area contributed by atoms with E-state index in [0.29, 0.717) is 0 Å². The lowest BCUT2D eigenvalue weighted by Gasteiger charge is -2.13. The maximum absolute atomic E-state index is 13.6. The van der Waals surface area contributed by atoms with Gasteiger partial charge in [0.1, 0.15) is 28.6 Å². The van der Waals surface area contributed by atoms with Gasteiger partial charge in [0.25, 0.3) is 5.56 Å². The van der Waals surface area contributed by atoms with Crippen molar-refractivity contribution >= 4 is 34.3 Å². The van der Waals surface area contributed by atoms with E-state index in [1.54, 1.807) is 0 Å². The quantitative estimate of drug-likeness (QED) is 0.587. The monoisotopic (exact) mass is 419 g/mol. The summed E-state index contributed by atoms with van der Waals surface area (Å²) in [4.78, 5) is 35.5. The number of hydrogen-bond acceptors (Lipinski definition) is 5. The van der Waals surface area contributed by atoms with Crippen molar-refractivity contribution in [2.45, 2.75) is 12.8 Å². The van der Waals surface area contributed by atoms with Crippen LogP contribution in [-0.2, 0) is 11.8 Å². The van der Waals surface area contributed by atoms with Crippen LogP contribution in [0.3, 0.4) is 0 Å². The summed E-state index contributed by atoms with van der Waals surface area (Å²) < 4.78 is 20.3. The minimum atomic E-state index is -1.18. The van der Waals surface area contributed by atoms with Gasteiger partial charge in [-0.05, 0) is 24.3 Å². The van der Waals surface area contributed by atoms with E-state index < -0.39 is 47.3 Å². The number of carboxylic acid groups (broad SMARTS) is 1. The van der Waals surface area contributed by atoms with Crippen molar-refractivity contribution in [3.63, 3.8) is 0 Å². The molecule has 3 rings (SSSR count). The van der Waals surface area contributed by atoms with Gasteiger partial charge < -0.3 is 19.5 Å². The highest BCUT2D eigenvalue weighted by atomic mass is 35.5. The molecule has 7 nitrogen and oxygen atoms in total. The predicted molar refractivity (Wildman–Crippen MR) is 104 cm³/mol. The summed E-state index contributed by atoms with van der Waals surface area (Å²) >= 11 is 5.64. The Hall–Kier alpha value is -3.39. The van der Waals surface area contributed by atoms with E-state index in [1.165, 1.54) is 37.4 Å². The van der Waals surface area contributed by atoms with Gasteiger partial charge in [-0.2, -0.15) is 0 Å². The molecule has 0 aliphatic carbocycles. The van der Waals surface area contributed by atoms with Gasteiger partial charge in [-0.1, -0.05) is 11.6 Å². The van der Waals surface area contributed by atoms with Crippen LogP contribution >= 0.6 is 11.6 Å². The second kappa shape index (κ2) is 7.92. The zero-order valence-electron chi connectivity index (χ0n) is 15.1. The molecule has 1 aromatic heterocycles. The molecular weight excluding hydrogens is 405 g/mol. The summed E-state index contributed by atoms with van der Waals surface area (Å²) in [5.74, 6) is -2.68. The number of halogens is 2. The zero-order valence-corrected chi connectivity index (χ0v) is 15.9. The number of rotatable bonds is 6. The fourth-order valence-corrected chi connectivity index (χ4v) is 2.96. The molecule has 0 bridgehead atoms. The number of ketones is 1. The molecule has 0 spiro atoms. The highest BCUT2D eigenvalue weighted by Crippen LogP contribution is 2.32. The average molecular weight is 420 g/mol. The van der Waals surface area contributed by atoms with E-state index in [-0.39, 0.29) is 27.4 Å². The summed E-state index contributed by atoms with van der Waals surface area (Å²) in [5, 5.41) is 19.3. The molecule has 0 amide bonds. The Morgan fingerprint density at radius 2 is 1.79 bits per heavy atom. The first kappa shape index (κ1) is 20.3. The summed E-state index contributed by atoms with van der Waals surface area (Å²) in [7, 11) is 1.41. The molecule has 0 saturated heterocycles. The van der Waals surface area contributed by atoms with Gasteiger partial charge in [0.2, 0.25) is 0 Å². The second-order valence-electron chi connectivity index (χ2n) is 6.26. The van der Waals surface area contributed by atoms with Crippen LogP contribution in [0.4, 0.5) is 4.39 Å². The topological polar surface area (TPSA) is 106 Å². The van der Waals surface area contributed by atoms with E-state index in [0.717, 1.165) is 10.6 Å². The number of carbonyl (C=O) groups excluding carboxylic acids is 1. The van der Waals surface area contributed by atoms with Crippen LogP contribution in [0.5, 0.6) is 17.2 Å². The lowest BCUT2D eigenvalue weighted by molar-refractivity contribution is -0.136. The SMILES string of the molecule is Cn1c(=O)c(C(=O)CCC(=O)O)c(O)c2ccc(Oc3ccc(Cl)c(F)c3)cc21. The fraction of sp³-hybridized carbons (Fsp3) is 0.150. The van der Waals surface area contributed by atoms with Crippen LogP contribution in [0.15, 0.2) is 41.2 Å². The maximum atomic E-state index is 13.6. The number of Topliss-reactive ketones (excluding diaryl/α,β-unsaturated/α-hetero) is 1. The third-order valence-corrected chi connectivity index (χ3v) is 4.62. The number of aliphatic carboxylic acids is 1. The van der Waals surface area contributed by atoms with Crippen molar-refractivity contribution in [1.29, 1.82) is 0 Å². The van der Waals surface area contributed by atoms with Crippen LogP contribution < -0.4 is 10.3 Å². The average Bonchev–Trinajstić information content (AvgIpc) is 2.67. The van der Waals surface area contributed by atoms with E-state index in [4.69, 9.17) is 21.4 Å². The van der Waals surface area contributed by atoms with Gasteiger partial charge in [0.15, 0.2) is 5.78 Å². The van der Waals surface area contributed by atoms with E-state index >= 15 is 0 Å². The smallest absolute Gasteiger partial charge is 0.303 e. The number of carbonyl (C=O) groups is 2. The number of aromatic hydroxyl groups is 1. The third-order valence-electron chi connectivity index (χ3n) is 4.31. The Morgan fingerprint density at radius 1 is 1.14 bits per heavy atom. The standard InChI is InChI=1S/C20H15ClFNO6/c1-23-15-9-11(29-10-3-5-13(21)14(22)8-10)2-4-12(15)19(27)18(20(23)28)16(24)6-7-17(25)26/h2-5,8-9,27H,6-7H2,1H3,(H,25,26). The molecule has 0 fully saturated rings. The van der Waals surface area contributed by atoms with Crippen LogP contribution in [0, 0.1) is 5.82 Å². The number of benzene rings is 2. The van der Waals surface area contributed by atoms with Crippen LogP contribution in [0.25, 0.3) is 10.9 Å².